The summed E-state index contributed by atoms with van der Waals surface area (Å²) in [6, 6.07) is 3.85. The van der Waals surface area contributed by atoms with E-state index in [2.05, 4.69) is 0 Å². The van der Waals surface area contributed by atoms with Crippen LogP contribution in [-0.4, -0.2) is 60.2 Å². The van der Waals surface area contributed by atoms with Crippen molar-refractivity contribution in [2.75, 3.05) is 37.6 Å². The highest BCUT2D eigenvalue weighted by Gasteiger charge is 2.33. The fraction of sp³-hybridized carbons (Fsp3) is 0.500. The van der Waals surface area contributed by atoms with Crippen LogP contribution in [0.2, 0.25) is 0 Å². The maximum atomic E-state index is 12.8. The Kier molecular flexibility index (Phi) is 3.55. The molecule has 3 aliphatic heterocycles. The molecule has 0 aromatic heterocycles. The molecule has 126 valence electrons. The molecule has 0 unspecified atom stereocenters. The molecule has 1 fully saturated rings. The molecule has 3 aliphatic rings. The first-order valence-electron chi connectivity index (χ1n) is 8.55. The zero-order valence-corrected chi connectivity index (χ0v) is 13.9. The Labute approximate surface area is 141 Å². The van der Waals surface area contributed by atoms with Gasteiger partial charge in [0.15, 0.2) is 0 Å². The smallest absolute Gasteiger partial charge is 0.253 e. The monoisotopic (exact) mass is 327 g/mol. The number of hydrogen-bond donors (Lipinski definition) is 0. The van der Waals surface area contributed by atoms with Gasteiger partial charge in [-0.2, -0.15) is 0 Å². The van der Waals surface area contributed by atoms with E-state index in [1.54, 1.807) is 11.8 Å². The van der Waals surface area contributed by atoms with Gasteiger partial charge in [0.25, 0.3) is 5.91 Å². The molecule has 1 aromatic carbocycles. The van der Waals surface area contributed by atoms with Crippen LogP contribution in [-0.2, 0) is 22.4 Å². The molecular weight excluding hydrogens is 306 g/mol. The van der Waals surface area contributed by atoms with Crippen LogP contribution in [0, 0.1) is 0 Å². The molecule has 1 aromatic rings. The molecular formula is C18H21N3O3. The Balaban J connectivity index is 1.58. The second kappa shape index (κ2) is 5.61. The molecule has 6 nitrogen and oxygen atoms in total. The Morgan fingerprint density at radius 1 is 0.958 bits per heavy atom. The van der Waals surface area contributed by atoms with Crippen molar-refractivity contribution in [1.29, 1.82) is 0 Å². The number of aryl methyl sites for hydroxylation is 1. The Bertz CT molecular complexity index is 735. The number of rotatable bonds is 1. The van der Waals surface area contributed by atoms with Gasteiger partial charge in [0, 0.05) is 45.2 Å². The molecule has 0 saturated carbocycles. The first-order valence-corrected chi connectivity index (χ1v) is 8.55. The largest absolute Gasteiger partial charge is 0.339 e. The third-order valence-electron chi connectivity index (χ3n) is 5.27. The molecule has 0 aliphatic carbocycles. The molecule has 0 N–H and O–H groups in total. The zero-order valence-electron chi connectivity index (χ0n) is 13.9. The van der Waals surface area contributed by atoms with Crippen LogP contribution in [0.5, 0.6) is 0 Å². The molecule has 1 saturated heterocycles. The molecule has 0 spiro atoms. The highest BCUT2D eigenvalue weighted by atomic mass is 16.2. The summed E-state index contributed by atoms with van der Waals surface area (Å²) in [5.41, 5.74) is 3.83. The van der Waals surface area contributed by atoms with Gasteiger partial charge < -0.3 is 14.7 Å². The minimum atomic E-state index is 0.00808. The van der Waals surface area contributed by atoms with Gasteiger partial charge in [-0.05, 0) is 36.1 Å². The topological polar surface area (TPSA) is 60.9 Å². The van der Waals surface area contributed by atoms with Crippen molar-refractivity contribution >= 4 is 23.4 Å². The highest BCUT2D eigenvalue weighted by molar-refractivity contribution is 6.04. The summed E-state index contributed by atoms with van der Waals surface area (Å²) in [5, 5.41) is 0. The van der Waals surface area contributed by atoms with E-state index in [-0.39, 0.29) is 17.7 Å². The van der Waals surface area contributed by atoms with E-state index in [4.69, 9.17) is 0 Å². The van der Waals surface area contributed by atoms with E-state index in [9.17, 15) is 14.4 Å². The van der Waals surface area contributed by atoms with Crippen molar-refractivity contribution in [2.24, 2.45) is 0 Å². The Hall–Kier alpha value is -2.37. The van der Waals surface area contributed by atoms with E-state index < -0.39 is 0 Å². The number of benzene rings is 1. The average Bonchev–Trinajstić information content (AvgIpc) is 2.92. The molecule has 6 heteroatoms. The first-order chi connectivity index (χ1) is 11.5. The first kappa shape index (κ1) is 15.2. The molecule has 3 amide bonds. The summed E-state index contributed by atoms with van der Waals surface area (Å²) in [6.45, 7) is 4.66. The van der Waals surface area contributed by atoms with Crippen LogP contribution in [0.1, 0.15) is 34.8 Å². The van der Waals surface area contributed by atoms with Crippen LogP contribution in [0.25, 0.3) is 0 Å². The van der Waals surface area contributed by atoms with Gasteiger partial charge in [-0.1, -0.05) is 0 Å². The third-order valence-corrected chi connectivity index (χ3v) is 5.27. The predicted molar refractivity (Wildman–Crippen MR) is 89.0 cm³/mol. The van der Waals surface area contributed by atoms with Gasteiger partial charge in [-0.3, -0.25) is 14.4 Å². The normalized spacial score (nSPS) is 19.5. The standard InChI is InChI=1S/C18H21N3O3/c1-12(22)19-5-7-20(8-6-19)18(24)15-9-13-3-2-4-21-16(23)11-14(10-15)17(13)21/h9-10H,2-8,11H2,1H3. The summed E-state index contributed by atoms with van der Waals surface area (Å²) in [6.07, 6.45) is 2.28. The van der Waals surface area contributed by atoms with Crippen LogP contribution >= 0.6 is 0 Å². The van der Waals surface area contributed by atoms with Crippen molar-refractivity contribution < 1.29 is 14.4 Å². The number of nitrogens with zero attached hydrogens (tertiary/aromatic N) is 3. The Morgan fingerprint density at radius 2 is 1.62 bits per heavy atom. The highest BCUT2D eigenvalue weighted by Crippen LogP contribution is 2.37. The van der Waals surface area contributed by atoms with Gasteiger partial charge in [0.05, 0.1) is 12.1 Å². The van der Waals surface area contributed by atoms with Crippen molar-refractivity contribution in [1.82, 2.24) is 9.80 Å². The summed E-state index contributed by atoms with van der Waals surface area (Å²) in [5.74, 6) is 0.210. The second-order valence-electron chi connectivity index (χ2n) is 6.77. The van der Waals surface area contributed by atoms with Crippen molar-refractivity contribution in [3.63, 3.8) is 0 Å². The summed E-state index contributed by atoms with van der Waals surface area (Å²) < 4.78 is 0. The lowest BCUT2D eigenvalue weighted by Gasteiger charge is -2.34. The van der Waals surface area contributed by atoms with Crippen LogP contribution in [0.15, 0.2) is 12.1 Å². The van der Waals surface area contributed by atoms with Crippen molar-refractivity contribution in [3.8, 4) is 0 Å². The number of amides is 3. The lowest BCUT2D eigenvalue weighted by Crippen LogP contribution is -2.50. The summed E-state index contributed by atoms with van der Waals surface area (Å²) in [7, 11) is 0. The van der Waals surface area contributed by atoms with E-state index in [1.165, 1.54) is 0 Å². The van der Waals surface area contributed by atoms with Gasteiger partial charge in [0.1, 0.15) is 0 Å². The second-order valence-corrected chi connectivity index (χ2v) is 6.77. The number of carbonyl (C=O) groups excluding carboxylic acids is 3. The summed E-state index contributed by atoms with van der Waals surface area (Å²) >= 11 is 0. The Morgan fingerprint density at radius 3 is 2.33 bits per heavy atom. The summed E-state index contributed by atoms with van der Waals surface area (Å²) in [4.78, 5) is 41.8. The molecule has 3 heterocycles. The molecule has 0 bridgehead atoms. The van der Waals surface area contributed by atoms with Crippen LogP contribution in [0.3, 0.4) is 0 Å². The van der Waals surface area contributed by atoms with Gasteiger partial charge in [-0.25, -0.2) is 0 Å². The quantitative estimate of drug-likeness (QED) is 0.767. The number of piperazine rings is 1. The maximum absolute atomic E-state index is 12.8. The molecule has 0 radical (unpaired) electrons. The fourth-order valence-electron chi connectivity index (χ4n) is 4.01. The van der Waals surface area contributed by atoms with Crippen molar-refractivity contribution in [3.05, 3.63) is 28.8 Å². The zero-order chi connectivity index (χ0) is 16.8. The van der Waals surface area contributed by atoms with E-state index in [0.717, 1.165) is 36.2 Å². The lowest BCUT2D eigenvalue weighted by atomic mass is 9.96. The van der Waals surface area contributed by atoms with Crippen molar-refractivity contribution in [2.45, 2.75) is 26.2 Å². The number of hydrogen-bond acceptors (Lipinski definition) is 3. The lowest BCUT2D eigenvalue weighted by molar-refractivity contribution is -0.130. The minimum Gasteiger partial charge on any atom is -0.339 e. The maximum Gasteiger partial charge on any atom is 0.253 e. The van der Waals surface area contributed by atoms with Gasteiger partial charge >= 0.3 is 0 Å². The number of carbonyl (C=O) groups is 3. The van der Waals surface area contributed by atoms with Gasteiger partial charge in [0.2, 0.25) is 11.8 Å². The van der Waals surface area contributed by atoms with Crippen LogP contribution in [0.4, 0.5) is 5.69 Å². The molecule has 24 heavy (non-hydrogen) atoms. The van der Waals surface area contributed by atoms with E-state index >= 15 is 0 Å². The third kappa shape index (κ3) is 2.37. The molecule has 0 atom stereocenters. The van der Waals surface area contributed by atoms with E-state index in [1.807, 2.05) is 21.9 Å². The van der Waals surface area contributed by atoms with E-state index in [0.29, 0.717) is 38.2 Å². The predicted octanol–water partition coefficient (Wildman–Crippen LogP) is 0.826. The van der Waals surface area contributed by atoms with Crippen LogP contribution < -0.4 is 4.90 Å². The van der Waals surface area contributed by atoms with Gasteiger partial charge in [-0.15, -0.1) is 0 Å². The molecule has 4 rings (SSSR count). The number of anilines is 1. The average molecular weight is 327 g/mol. The SMILES string of the molecule is CC(=O)N1CCN(C(=O)c2cc3c4c(c2)CC(=O)N4CCC3)CC1. The fourth-order valence-corrected chi connectivity index (χ4v) is 4.01. The minimum absolute atomic E-state index is 0.00808.